The van der Waals surface area contributed by atoms with Crippen LogP contribution in [0.25, 0.3) is 6.08 Å². The Labute approximate surface area is 116 Å². The van der Waals surface area contributed by atoms with E-state index in [1.54, 1.807) is 6.08 Å². The lowest BCUT2D eigenvalue weighted by molar-refractivity contribution is -0.131. The topological polar surface area (TPSA) is 37.3 Å². The molecule has 0 fully saturated rings. The molecule has 0 radical (unpaired) electrons. The van der Waals surface area contributed by atoms with Crippen molar-refractivity contribution in [3.8, 4) is 0 Å². The molecular formula is C17H24O2. The number of benzene rings is 1. The highest BCUT2D eigenvalue weighted by Gasteiger charge is 2.08. The van der Waals surface area contributed by atoms with Gasteiger partial charge in [0, 0.05) is 6.08 Å². The molecule has 1 rings (SSSR count). The number of aliphatic carboxylic acids is 1. The highest BCUT2D eigenvalue weighted by Crippen LogP contribution is 2.26. The van der Waals surface area contributed by atoms with E-state index in [1.165, 1.54) is 37.3 Å². The van der Waals surface area contributed by atoms with Crippen LogP contribution in [-0.4, -0.2) is 11.1 Å². The number of hydrogen-bond acceptors (Lipinski definition) is 1. The van der Waals surface area contributed by atoms with Gasteiger partial charge in [-0.3, -0.25) is 0 Å². The molecule has 0 aliphatic rings. The smallest absolute Gasteiger partial charge is 0.328 e. The van der Waals surface area contributed by atoms with Gasteiger partial charge in [0.15, 0.2) is 0 Å². The summed E-state index contributed by atoms with van der Waals surface area (Å²) >= 11 is 0. The van der Waals surface area contributed by atoms with Gasteiger partial charge >= 0.3 is 5.97 Å². The molecule has 0 amide bonds. The fraction of sp³-hybridized carbons (Fsp3) is 0.471. The predicted octanol–water partition coefficient (Wildman–Crippen LogP) is 4.86. The van der Waals surface area contributed by atoms with E-state index in [4.69, 9.17) is 5.11 Å². The van der Waals surface area contributed by atoms with E-state index >= 15 is 0 Å². The summed E-state index contributed by atoms with van der Waals surface area (Å²) in [6, 6.07) is 8.06. The quantitative estimate of drug-likeness (QED) is 0.535. The second kappa shape index (κ2) is 8.52. The van der Waals surface area contributed by atoms with Gasteiger partial charge in [0.05, 0.1) is 0 Å². The van der Waals surface area contributed by atoms with E-state index in [0.717, 1.165) is 12.0 Å². The maximum atomic E-state index is 10.6. The summed E-state index contributed by atoms with van der Waals surface area (Å²) in [5, 5.41) is 8.72. The van der Waals surface area contributed by atoms with Crippen LogP contribution in [0.1, 0.15) is 63.0 Å². The number of carboxylic acids is 1. The number of carboxylic acid groups (broad SMARTS) is 1. The standard InChI is InChI=1S/C17H24O2/c1-3-4-5-6-9-14(2)16-11-8-7-10-15(16)12-13-17(18)19/h7-8,10-14H,3-6,9H2,1-2H3,(H,18,19). The fourth-order valence-electron chi connectivity index (χ4n) is 2.31. The molecular weight excluding hydrogens is 236 g/mol. The summed E-state index contributed by atoms with van der Waals surface area (Å²) in [6.45, 7) is 4.44. The summed E-state index contributed by atoms with van der Waals surface area (Å²) in [4.78, 5) is 10.6. The van der Waals surface area contributed by atoms with Gasteiger partial charge in [-0.15, -0.1) is 0 Å². The normalized spacial score (nSPS) is 12.7. The first-order valence-electron chi connectivity index (χ1n) is 7.15. The average molecular weight is 260 g/mol. The number of carbonyl (C=O) groups is 1. The van der Waals surface area contributed by atoms with Crippen molar-refractivity contribution in [1.29, 1.82) is 0 Å². The molecule has 0 bridgehead atoms. The minimum absolute atomic E-state index is 0.478. The van der Waals surface area contributed by atoms with Gasteiger partial charge in [-0.1, -0.05) is 63.8 Å². The van der Waals surface area contributed by atoms with Crippen molar-refractivity contribution in [2.45, 2.75) is 51.9 Å². The van der Waals surface area contributed by atoms with Crippen molar-refractivity contribution >= 4 is 12.0 Å². The Morgan fingerprint density at radius 1 is 1.26 bits per heavy atom. The highest BCUT2D eigenvalue weighted by atomic mass is 16.4. The molecule has 1 aromatic rings. The number of unbranched alkanes of at least 4 members (excludes halogenated alkanes) is 3. The van der Waals surface area contributed by atoms with E-state index in [0.29, 0.717) is 5.92 Å². The Balaban J connectivity index is 2.67. The maximum absolute atomic E-state index is 10.6. The van der Waals surface area contributed by atoms with Gasteiger partial charge in [0.25, 0.3) is 0 Å². The molecule has 0 aliphatic heterocycles. The van der Waals surface area contributed by atoms with E-state index in [-0.39, 0.29) is 0 Å². The van der Waals surface area contributed by atoms with Crippen LogP contribution < -0.4 is 0 Å². The second-order valence-corrected chi connectivity index (χ2v) is 5.05. The van der Waals surface area contributed by atoms with Crippen LogP contribution in [0.15, 0.2) is 30.3 Å². The summed E-state index contributed by atoms with van der Waals surface area (Å²) in [7, 11) is 0. The van der Waals surface area contributed by atoms with Crippen molar-refractivity contribution in [3.05, 3.63) is 41.5 Å². The lowest BCUT2D eigenvalue weighted by atomic mass is 9.91. The van der Waals surface area contributed by atoms with Crippen LogP contribution in [0.5, 0.6) is 0 Å². The third kappa shape index (κ3) is 5.73. The lowest BCUT2D eigenvalue weighted by Crippen LogP contribution is -1.97. The first-order chi connectivity index (χ1) is 9.15. The highest BCUT2D eigenvalue weighted by molar-refractivity contribution is 5.85. The van der Waals surface area contributed by atoms with Gasteiger partial charge < -0.3 is 5.11 Å². The van der Waals surface area contributed by atoms with Crippen LogP contribution in [0, 0.1) is 0 Å². The van der Waals surface area contributed by atoms with Gasteiger partial charge in [-0.25, -0.2) is 4.79 Å². The average Bonchev–Trinajstić information content (AvgIpc) is 2.41. The SMILES string of the molecule is CCCCCCC(C)c1ccccc1C=CC(=O)O. The molecule has 0 aliphatic carbocycles. The summed E-state index contributed by atoms with van der Waals surface area (Å²) in [5.41, 5.74) is 2.27. The van der Waals surface area contributed by atoms with Crippen LogP contribution in [0.2, 0.25) is 0 Å². The van der Waals surface area contributed by atoms with Crippen LogP contribution in [0.3, 0.4) is 0 Å². The monoisotopic (exact) mass is 260 g/mol. The lowest BCUT2D eigenvalue weighted by Gasteiger charge is -2.14. The molecule has 0 aromatic heterocycles. The van der Waals surface area contributed by atoms with Crippen LogP contribution in [-0.2, 0) is 4.79 Å². The predicted molar refractivity (Wildman–Crippen MR) is 80.3 cm³/mol. The Kier molecular flexibility index (Phi) is 6.94. The van der Waals surface area contributed by atoms with Crippen molar-refractivity contribution in [3.63, 3.8) is 0 Å². The van der Waals surface area contributed by atoms with E-state index < -0.39 is 5.97 Å². The maximum Gasteiger partial charge on any atom is 0.328 e. The molecule has 0 saturated heterocycles. The third-order valence-electron chi connectivity index (χ3n) is 3.42. The zero-order chi connectivity index (χ0) is 14.1. The Bertz CT molecular complexity index is 421. The van der Waals surface area contributed by atoms with Crippen molar-refractivity contribution < 1.29 is 9.90 Å². The van der Waals surface area contributed by atoms with Gasteiger partial charge in [-0.2, -0.15) is 0 Å². The Morgan fingerprint density at radius 2 is 2.00 bits per heavy atom. The van der Waals surface area contributed by atoms with Gasteiger partial charge in [-0.05, 0) is 29.5 Å². The molecule has 1 aromatic carbocycles. The molecule has 1 atom stereocenters. The van der Waals surface area contributed by atoms with Crippen LogP contribution in [0.4, 0.5) is 0 Å². The Morgan fingerprint density at radius 3 is 2.68 bits per heavy atom. The van der Waals surface area contributed by atoms with E-state index in [9.17, 15) is 4.79 Å². The molecule has 0 spiro atoms. The largest absolute Gasteiger partial charge is 0.478 e. The molecule has 1 N–H and O–H groups in total. The molecule has 104 valence electrons. The van der Waals surface area contributed by atoms with Crippen LogP contribution >= 0.6 is 0 Å². The molecule has 2 nitrogen and oxygen atoms in total. The molecule has 0 heterocycles. The fourth-order valence-corrected chi connectivity index (χ4v) is 2.31. The number of rotatable bonds is 8. The molecule has 2 heteroatoms. The summed E-state index contributed by atoms with van der Waals surface area (Å²) in [5.74, 6) is -0.420. The molecule has 0 saturated carbocycles. The van der Waals surface area contributed by atoms with Crippen molar-refractivity contribution in [2.24, 2.45) is 0 Å². The van der Waals surface area contributed by atoms with E-state index in [2.05, 4.69) is 19.9 Å². The van der Waals surface area contributed by atoms with E-state index in [1.807, 2.05) is 18.2 Å². The molecule has 1 unspecified atom stereocenters. The minimum Gasteiger partial charge on any atom is -0.478 e. The van der Waals surface area contributed by atoms with Crippen molar-refractivity contribution in [1.82, 2.24) is 0 Å². The zero-order valence-electron chi connectivity index (χ0n) is 11.9. The second-order valence-electron chi connectivity index (χ2n) is 5.05. The first kappa shape index (κ1) is 15.5. The first-order valence-corrected chi connectivity index (χ1v) is 7.15. The summed E-state index contributed by atoms with van der Waals surface area (Å²) in [6.07, 6.45) is 9.15. The number of hydrogen-bond donors (Lipinski definition) is 1. The molecule has 19 heavy (non-hydrogen) atoms. The Hall–Kier alpha value is -1.57. The third-order valence-corrected chi connectivity index (χ3v) is 3.42. The van der Waals surface area contributed by atoms with Gasteiger partial charge in [0.2, 0.25) is 0 Å². The minimum atomic E-state index is -0.898. The summed E-state index contributed by atoms with van der Waals surface area (Å²) < 4.78 is 0. The van der Waals surface area contributed by atoms with Crippen molar-refractivity contribution in [2.75, 3.05) is 0 Å². The van der Waals surface area contributed by atoms with Gasteiger partial charge in [0.1, 0.15) is 0 Å². The zero-order valence-corrected chi connectivity index (χ0v) is 11.9.